The third-order valence-electron chi connectivity index (χ3n) is 6.95. The molecule has 2 unspecified atom stereocenters. The molecule has 4 fully saturated rings. The number of nitrogens with one attached hydrogen (secondary N) is 1. The topological polar surface area (TPSA) is 30.5 Å². The molecule has 150 valence electrons. The zero-order valence-electron chi connectivity index (χ0n) is 17.3. The van der Waals surface area contributed by atoms with Gasteiger partial charge in [-0.25, -0.2) is 0 Å². The van der Waals surface area contributed by atoms with Gasteiger partial charge in [-0.15, -0.1) is 0 Å². The summed E-state index contributed by atoms with van der Waals surface area (Å²) in [6.45, 7) is 11.3. The molecule has 2 atom stereocenters. The maximum atomic E-state index is 5.86. The van der Waals surface area contributed by atoms with Crippen LogP contribution < -0.4 is 14.8 Å². The van der Waals surface area contributed by atoms with Crippen LogP contribution in [0.15, 0.2) is 16.6 Å². The number of halogens is 1. The minimum atomic E-state index is 0.319. The molecule has 1 aromatic carbocycles. The van der Waals surface area contributed by atoms with Gasteiger partial charge in [-0.05, 0) is 103 Å². The quantitative estimate of drug-likeness (QED) is 0.562. The standard InChI is InChI=1S/C23H34BrNO2/c1-5-26-19-8-16(7-18(24)20(19)27-6-2)12-25-23-11-17-9-21(3,14-23)13-22(4,10-17)15-23/h7-8,17,25H,5-6,9-15H2,1-4H3. The van der Waals surface area contributed by atoms with E-state index in [0.717, 1.165) is 28.4 Å². The van der Waals surface area contributed by atoms with E-state index in [1.54, 1.807) is 0 Å². The van der Waals surface area contributed by atoms with Crippen molar-refractivity contribution in [2.45, 2.75) is 78.3 Å². The first kappa shape index (κ1) is 19.6. The van der Waals surface area contributed by atoms with Crippen LogP contribution in [0.3, 0.4) is 0 Å². The molecule has 27 heavy (non-hydrogen) atoms. The Morgan fingerprint density at radius 1 is 1.00 bits per heavy atom. The van der Waals surface area contributed by atoms with Crippen LogP contribution in [0.2, 0.25) is 0 Å². The van der Waals surface area contributed by atoms with E-state index in [1.165, 1.54) is 44.1 Å². The monoisotopic (exact) mass is 435 g/mol. The third kappa shape index (κ3) is 3.76. The van der Waals surface area contributed by atoms with Crippen LogP contribution in [-0.2, 0) is 6.54 Å². The number of ether oxygens (including phenoxy) is 2. The predicted octanol–water partition coefficient (Wildman–Crippen LogP) is 6.09. The molecule has 0 heterocycles. The minimum Gasteiger partial charge on any atom is -0.490 e. The molecule has 1 N–H and O–H groups in total. The summed E-state index contributed by atoms with van der Waals surface area (Å²) >= 11 is 3.69. The van der Waals surface area contributed by atoms with Crippen molar-refractivity contribution < 1.29 is 9.47 Å². The van der Waals surface area contributed by atoms with Crippen molar-refractivity contribution >= 4 is 15.9 Å². The SMILES string of the molecule is CCOc1cc(CNC23CC4CC(C)(CC(C)(C4)C2)C3)cc(Br)c1OCC. The van der Waals surface area contributed by atoms with Gasteiger partial charge in [0.25, 0.3) is 0 Å². The highest BCUT2D eigenvalue weighted by Crippen LogP contribution is 2.66. The van der Waals surface area contributed by atoms with E-state index >= 15 is 0 Å². The largest absolute Gasteiger partial charge is 0.490 e. The summed E-state index contributed by atoms with van der Waals surface area (Å²) in [7, 11) is 0. The fraction of sp³-hybridized carbons (Fsp3) is 0.739. The Morgan fingerprint density at radius 3 is 2.26 bits per heavy atom. The number of rotatable bonds is 7. The second kappa shape index (κ2) is 6.95. The Bertz CT molecular complexity index is 701. The average Bonchev–Trinajstić information content (AvgIpc) is 2.53. The Kier molecular flexibility index (Phi) is 5.04. The van der Waals surface area contributed by atoms with Gasteiger partial charge in [0.15, 0.2) is 11.5 Å². The maximum absolute atomic E-state index is 5.86. The molecular weight excluding hydrogens is 402 g/mol. The highest BCUT2D eigenvalue weighted by atomic mass is 79.9. The van der Waals surface area contributed by atoms with Crippen molar-refractivity contribution in [1.29, 1.82) is 0 Å². The van der Waals surface area contributed by atoms with Crippen molar-refractivity contribution in [2.24, 2.45) is 16.7 Å². The highest BCUT2D eigenvalue weighted by Gasteiger charge is 2.59. The molecule has 0 amide bonds. The number of hydrogen-bond donors (Lipinski definition) is 1. The van der Waals surface area contributed by atoms with Crippen molar-refractivity contribution in [3.05, 3.63) is 22.2 Å². The predicted molar refractivity (Wildman–Crippen MR) is 113 cm³/mol. The molecule has 4 bridgehead atoms. The van der Waals surface area contributed by atoms with Crippen LogP contribution in [0, 0.1) is 16.7 Å². The first-order valence-corrected chi connectivity index (χ1v) is 11.4. The fourth-order valence-electron chi connectivity index (χ4n) is 7.21. The Hall–Kier alpha value is -0.740. The number of hydrogen-bond acceptors (Lipinski definition) is 3. The third-order valence-corrected chi connectivity index (χ3v) is 7.54. The summed E-state index contributed by atoms with van der Waals surface area (Å²) in [5, 5.41) is 4.02. The molecule has 0 radical (unpaired) electrons. The van der Waals surface area contributed by atoms with Gasteiger partial charge >= 0.3 is 0 Å². The van der Waals surface area contributed by atoms with E-state index in [9.17, 15) is 0 Å². The van der Waals surface area contributed by atoms with Crippen molar-refractivity contribution in [1.82, 2.24) is 5.32 Å². The summed E-state index contributed by atoms with van der Waals surface area (Å²) in [6.07, 6.45) is 8.33. The Balaban J connectivity index is 1.53. The molecule has 4 aliphatic rings. The second-order valence-electron chi connectivity index (χ2n) is 10.0. The molecule has 4 saturated carbocycles. The Labute approximate surface area is 172 Å². The van der Waals surface area contributed by atoms with Gasteiger partial charge in [0.05, 0.1) is 17.7 Å². The molecule has 1 aromatic rings. The second-order valence-corrected chi connectivity index (χ2v) is 10.9. The lowest BCUT2D eigenvalue weighted by atomic mass is 9.43. The van der Waals surface area contributed by atoms with Crippen LogP contribution in [0.4, 0.5) is 0 Å². The van der Waals surface area contributed by atoms with Crippen LogP contribution in [0.5, 0.6) is 11.5 Å². The molecule has 4 aliphatic carbocycles. The molecule has 0 spiro atoms. The molecule has 3 nitrogen and oxygen atoms in total. The molecular formula is C23H34BrNO2. The average molecular weight is 436 g/mol. The summed E-state index contributed by atoms with van der Waals surface area (Å²) in [5.74, 6) is 2.57. The molecule has 5 rings (SSSR count). The summed E-state index contributed by atoms with van der Waals surface area (Å²) in [4.78, 5) is 0. The first-order valence-electron chi connectivity index (χ1n) is 10.6. The summed E-state index contributed by atoms with van der Waals surface area (Å²) in [5.41, 5.74) is 2.66. The number of benzene rings is 1. The fourth-order valence-corrected chi connectivity index (χ4v) is 7.81. The van der Waals surface area contributed by atoms with Gasteiger partial charge in [-0.2, -0.15) is 0 Å². The maximum Gasteiger partial charge on any atom is 0.175 e. The summed E-state index contributed by atoms with van der Waals surface area (Å²) in [6, 6.07) is 4.33. The van der Waals surface area contributed by atoms with Gasteiger partial charge in [-0.1, -0.05) is 13.8 Å². The summed E-state index contributed by atoms with van der Waals surface area (Å²) < 4.78 is 12.6. The van der Waals surface area contributed by atoms with Crippen molar-refractivity contribution in [2.75, 3.05) is 13.2 Å². The lowest BCUT2D eigenvalue weighted by Crippen LogP contribution is -2.63. The van der Waals surface area contributed by atoms with Crippen molar-refractivity contribution in [3.8, 4) is 11.5 Å². The zero-order valence-corrected chi connectivity index (χ0v) is 18.9. The smallest absolute Gasteiger partial charge is 0.175 e. The molecule has 0 aliphatic heterocycles. The van der Waals surface area contributed by atoms with E-state index in [-0.39, 0.29) is 0 Å². The van der Waals surface area contributed by atoms with Gasteiger partial charge in [-0.3, -0.25) is 0 Å². The van der Waals surface area contributed by atoms with Crippen LogP contribution in [-0.4, -0.2) is 18.8 Å². The minimum absolute atomic E-state index is 0.319. The Morgan fingerprint density at radius 2 is 1.67 bits per heavy atom. The van der Waals surface area contributed by atoms with Gasteiger partial charge in [0.1, 0.15) is 0 Å². The van der Waals surface area contributed by atoms with Crippen LogP contribution in [0.1, 0.15) is 71.8 Å². The lowest BCUT2D eigenvalue weighted by Gasteiger charge is -2.65. The lowest BCUT2D eigenvalue weighted by molar-refractivity contribution is -0.118. The van der Waals surface area contributed by atoms with Crippen LogP contribution >= 0.6 is 15.9 Å². The van der Waals surface area contributed by atoms with Crippen molar-refractivity contribution in [3.63, 3.8) is 0 Å². The van der Waals surface area contributed by atoms with E-state index in [2.05, 4.69) is 47.2 Å². The first-order chi connectivity index (χ1) is 12.8. The normalized spacial score (nSPS) is 36.9. The molecule has 4 heteroatoms. The molecule has 0 saturated heterocycles. The molecule has 0 aromatic heterocycles. The van der Waals surface area contributed by atoms with E-state index in [4.69, 9.17) is 9.47 Å². The van der Waals surface area contributed by atoms with E-state index < -0.39 is 0 Å². The van der Waals surface area contributed by atoms with Gasteiger partial charge in [0, 0.05) is 12.1 Å². The highest BCUT2D eigenvalue weighted by molar-refractivity contribution is 9.10. The zero-order chi connectivity index (χ0) is 19.3. The van der Waals surface area contributed by atoms with Gasteiger partial charge < -0.3 is 14.8 Å². The van der Waals surface area contributed by atoms with Crippen LogP contribution in [0.25, 0.3) is 0 Å². The van der Waals surface area contributed by atoms with E-state index in [0.29, 0.717) is 29.6 Å². The van der Waals surface area contributed by atoms with E-state index in [1.807, 2.05) is 13.8 Å². The van der Waals surface area contributed by atoms with Gasteiger partial charge in [0.2, 0.25) is 0 Å².